The largest absolute Gasteiger partial charge is 0.350 e. The molecule has 1 amide bonds. The van der Waals surface area contributed by atoms with Crippen molar-refractivity contribution in [3.8, 4) is 11.4 Å². The van der Waals surface area contributed by atoms with Crippen molar-refractivity contribution in [3.63, 3.8) is 0 Å². The Labute approximate surface area is 135 Å². The maximum Gasteiger partial charge on any atom is 0.251 e. The standard InChI is InChI=1S/C18H20N4O/c1-4-12(2)20-18(23)14-8-5-7-13(11-14)16-21-15-9-6-10-19-17(15)22(16)3/h5-12H,4H2,1-3H3,(H,20,23)/t12-/m0/s1. The molecule has 0 aliphatic rings. The Morgan fingerprint density at radius 3 is 2.87 bits per heavy atom. The lowest BCUT2D eigenvalue weighted by molar-refractivity contribution is 0.0939. The van der Waals surface area contributed by atoms with Gasteiger partial charge in [0.2, 0.25) is 0 Å². The average molecular weight is 308 g/mol. The number of nitrogens with zero attached hydrogens (tertiary/aromatic N) is 3. The van der Waals surface area contributed by atoms with Crippen LogP contribution in [0.1, 0.15) is 30.6 Å². The first-order valence-corrected chi connectivity index (χ1v) is 7.79. The van der Waals surface area contributed by atoms with Gasteiger partial charge in [0.05, 0.1) is 0 Å². The fourth-order valence-electron chi connectivity index (χ4n) is 2.49. The topological polar surface area (TPSA) is 59.8 Å². The molecule has 1 atom stereocenters. The Morgan fingerprint density at radius 2 is 2.13 bits per heavy atom. The second-order valence-corrected chi connectivity index (χ2v) is 5.70. The fourth-order valence-corrected chi connectivity index (χ4v) is 2.49. The number of carbonyl (C=O) groups excluding carboxylic acids is 1. The third-order valence-electron chi connectivity index (χ3n) is 4.00. The minimum Gasteiger partial charge on any atom is -0.350 e. The summed E-state index contributed by atoms with van der Waals surface area (Å²) in [7, 11) is 1.93. The minimum atomic E-state index is -0.0573. The summed E-state index contributed by atoms with van der Waals surface area (Å²) in [5.41, 5.74) is 3.22. The van der Waals surface area contributed by atoms with Crippen molar-refractivity contribution in [1.29, 1.82) is 0 Å². The molecule has 118 valence electrons. The number of aryl methyl sites for hydroxylation is 1. The summed E-state index contributed by atoms with van der Waals surface area (Å²) in [6.07, 6.45) is 2.66. The quantitative estimate of drug-likeness (QED) is 0.805. The van der Waals surface area contributed by atoms with E-state index in [4.69, 9.17) is 0 Å². The number of hydrogen-bond acceptors (Lipinski definition) is 3. The number of hydrogen-bond donors (Lipinski definition) is 1. The number of pyridine rings is 1. The second kappa shape index (κ2) is 6.20. The lowest BCUT2D eigenvalue weighted by Gasteiger charge is -2.12. The molecule has 0 aliphatic heterocycles. The predicted molar refractivity (Wildman–Crippen MR) is 91.2 cm³/mol. The molecule has 1 aromatic carbocycles. The van der Waals surface area contributed by atoms with E-state index < -0.39 is 0 Å². The van der Waals surface area contributed by atoms with E-state index in [0.717, 1.165) is 29.0 Å². The normalized spacial score (nSPS) is 12.3. The molecule has 2 heterocycles. The van der Waals surface area contributed by atoms with E-state index >= 15 is 0 Å². The first kappa shape index (κ1) is 15.2. The molecule has 0 saturated heterocycles. The van der Waals surface area contributed by atoms with Gasteiger partial charge in [-0.25, -0.2) is 9.97 Å². The van der Waals surface area contributed by atoms with E-state index in [1.807, 2.05) is 61.9 Å². The summed E-state index contributed by atoms with van der Waals surface area (Å²) >= 11 is 0. The molecule has 1 N–H and O–H groups in total. The summed E-state index contributed by atoms with van der Waals surface area (Å²) < 4.78 is 1.95. The molecule has 0 fully saturated rings. The van der Waals surface area contributed by atoms with Crippen molar-refractivity contribution in [2.45, 2.75) is 26.3 Å². The van der Waals surface area contributed by atoms with Crippen LogP contribution in [0.2, 0.25) is 0 Å². The highest BCUT2D eigenvalue weighted by Gasteiger charge is 2.13. The Balaban J connectivity index is 1.98. The number of carbonyl (C=O) groups is 1. The molecular formula is C18H20N4O. The number of imidazole rings is 1. The summed E-state index contributed by atoms with van der Waals surface area (Å²) in [6.45, 7) is 4.05. The highest BCUT2D eigenvalue weighted by Crippen LogP contribution is 2.23. The van der Waals surface area contributed by atoms with Crippen molar-refractivity contribution >= 4 is 17.1 Å². The lowest BCUT2D eigenvalue weighted by atomic mass is 10.1. The van der Waals surface area contributed by atoms with Crippen LogP contribution in [0.5, 0.6) is 0 Å². The van der Waals surface area contributed by atoms with E-state index in [-0.39, 0.29) is 11.9 Å². The molecule has 0 aliphatic carbocycles. The summed E-state index contributed by atoms with van der Waals surface area (Å²) in [5, 5.41) is 2.99. The monoisotopic (exact) mass is 308 g/mol. The van der Waals surface area contributed by atoms with Crippen LogP contribution < -0.4 is 5.32 Å². The lowest BCUT2D eigenvalue weighted by Crippen LogP contribution is -2.31. The molecular weight excluding hydrogens is 288 g/mol. The number of fused-ring (bicyclic) bond motifs is 1. The van der Waals surface area contributed by atoms with E-state index in [9.17, 15) is 4.79 Å². The van der Waals surface area contributed by atoms with Crippen LogP contribution in [0.4, 0.5) is 0 Å². The number of benzene rings is 1. The van der Waals surface area contributed by atoms with Crippen LogP contribution >= 0.6 is 0 Å². The Bertz CT molecular complexity index is 853. The van der Waals surface area contributed by atoms with Crippen LogP contribution in [0, 0.1) is 0 Å². The zero-order valence-corrected chi connectivity index (χ0v) is 13.6. The van der Waals surface area contributed by atoms with Gasteiger partial charge in [-0.05, 0) is 37.6 Å². The van der Waals surface area contributed by atoms with Gasteiger partial charge in [-0.3, -0.25) is 4.79 Å². The Hall–Kier alpha value is -2.69. The molecule has 23 heavy (non-hydrogen) atoms. The molecule has 5 heteroatoms. The molecule has 5 nitrogen and oxygen atoms in total. The first-order valence-electron chi connectivity index (χ1n) is 7.79. The van der Waals surface area contributed by atoms with Crippen molar-refractivity contribution < 1.29 is 4.79 Å². The van der Waals surface area contributed by atoms with Crippen molar-refractivity contribution in [2.24, 2.45) is 7.05 Å². The third kappa shape index (κ3) is 2.95. The maximum atomic E-state index is 12.3. The zero-order valence-electron chi connectivity index (χ0n) is 13.6. The molecule has 0 unspecified atom stereocenters. The number of nitrogens with one attached hydrogen (secondary N) is 1. The molecule has 2 aromatic heterocycles. The molecule has 0 radical (unpaired) electrons. The SMILES string of the molecule is CC[C@H](C)NC(=O)c1cccc(-c2nc3cccnc3n2C)c1. The van der Waals surface area contributed by atoms with Gasteiger partial charge in [0.25, 0.3) is 5.91 Å². The molecule has 3 rings (SSSR count). The van der Waals surface area contributed by atoms with Crippen molar-refractivity contribution in [2.75, 3.05) is 0 Å². The number of rotatable bonds is 4. The van der Waals surface area contributed by atoms with Crippen molar-refractivity contribution in [1.82, 2.24) is 19.9 Å². The first-order chi connectivity index (χ1) is 11.1. The maximum absolute atomic E-state index is 12.3. The van der Waals surface area contributed by atoms with Crippen molar-refractivity contribution in [3.05, 3.63) is 48.2 Å². The van der Waals surface area contributed by atoms with Gasteiger partial charge in [-0.15, -0.1) is 0 Å². The summed E-state index contributed by atoms with van der Waals surface area (Å²) in [6, 6.07) is 11.5. The van der Waals surface area contributed by atoms with Gasteiger partial charge in [0, 0.05) is 30.4 Å². The van der Waals surface area contributed by atoms with Crippen LogP contribution in [0.25, 0.3) is 22.6 Å². The summed E-state index contributed by atoms with van der Waals surface area (Å²) in [4.78, 5) is 21.3. The van der Waals surface area contributed by atoms with Crippen LogP contribution in [0.15, 0.2) is 42.6 Å². The number of aromatic nitrogens is 3. The van der Waals surface area contributed by atoms with E-state index in [2.05, 4.69) is 15.3 Å². The molecule has 0 spiro atoms. The Kier molecular flexibility index (Phi) is 4.10. The van der Waals surface area contributed by atoms with E-state index in [1.165, 1.54) is 0 Å². The predicted octanol–water partition coefficient (Wildman–Crippen LogP) is 3.16. The van der Waals surface area contributed by atoms with Gasteiger partial charge in [-0.2, -0.15) is 0 Å². The van der Waals surface area contributed by atoms with Crippen LogP contribution in [-0.4, -0.2) is 26.5 Å². The second-order valence-electron chi connectivity index (χ2n) is 5.70. The zero-order chi connectivity index (χ0) is 16.4. The molecule has 0 saturated carbocycles. The minimum absolute atomic E-state index is 0.0573. The average Bonchev–Trinajstić information content (AvgIpc) is 2.92. The van der Waals surface area contributed by atoms with Gasteiger partial charge in [0.1, 0.15) is 11.3 Å². The van der Waals surface area contributed by atoms with Crippen LogP contribution in [-0.2, 0) is 7.05 Å². The molecule has 3 aromatic rings. The number of amides is 1. The highest BCUT2D eigenvalue weighted by atomic mass is 16.1. The van der Waals surface area contributed by atoms with Gasteiger partial charge < -0.3 is 9.88 Å². The van der Waals surface area contributed by atoms with E-state index in [1.54, 1.807) is 6.20 Å². The van der Waals surface area contributed by atoms with Gasteiger partial charge in [0.15, 0.2) is 5.65 Å². The van der Waals surface area contributed by atoms with Gasteiger partial charge >= 0.3 is 0 Å². The van der Waals surface area contributed by atoms with Crippen LogP contribution in [0.3, 0.4) is 0 Å². The Morgan fingerprint density at radius 1 is 1.30 bits per heavy atom. The van der Waals surface area contributed by atoms with E-state index in [0.29, 0.717) is 5.56 Å². The summed E-state index contributed by atoms with van der Waals surface area (Å²) in [5.74, 6) is 0.745. The third-order valence-corrected chi connectivity index (χ3v) is 4.00. The highest BCUT2D eigenvalue weighted by molar-refractivity contribution is 5.95. The fraction of sp³-hybridized carbons (Fsp3) is 0.278. The smallest absolute Gasteiger partial charge is 0.251 e. The van der Waals surface area contributed by atoms with Gasteiger partial charge in [-0.1, -0.05) is 19.1 Å². The molecule has 0 bridgehead atoms.